The van der Waals surface area contributed by atoms with Gasteiger partial charge in [-0.25, -0.2) is 0 Å². The molecular formula is C41H35N3O5S2. The van der Waals surface area contributed by atoms with E-state index in [-0.39, 0.29) is 16.5 Å². The van der Waals surface area contributed by atoms with E-state index in [2.05, 4.69) is 34.5 Å². The monoisotopic (exact) mass is 713 g/mol. The summed E-state index contributed by atoms with van der Waals surface area (Å²) >= 11 is 2.75. The van der Waals surface area contributed by atoms with Gasteiger partial charge in [-0.2, -0.15) is 0 Å². The number of hydrogen-bond acceptors (Lipinski definition) is 9. The normalized spacial score (nSPS) is 15.4. The minimum absolute atomic E-state index is 0.0315. The first-order chi connectivity index (χ1) is 24.9. The molecule has 0 aliphatic carbocycles. The predicted octanol–water partition coefficient (Wildman–Crippen LogP) is 9.29. The number of aliphatic hydroxyl groups excluding tert-OH is 1. The number of hydrogen-bond donors (Lipinski definition) is 1. The van der Waals surface area contributed by atoms with Gasteiger partial charge in [0.05, 0.1) is 18.2 Å². The summed E-state index contributed by atoms with van der Waals surface area (Å²) in [6.45, 7) is 5.02. The third kappa shape index (κ3) is 7.24. The third-order valence-corrected chi connectivity index (χ3v) is 10.8. The summed E-state index contributed by atoms with van der Waals surface area (Å²) in [6.07, 6.45) is 0.857. The molecule has 6 aromatic rings. The van der Waals surface area contributed by atoms with Crippen LogP contribution in [0.5, 0.6) is 11.5 Å². The number of carbonyl (C=O) groups excluding carboxylic acids is 2. The van der Waals surface area contributed by atoms with Crippen LogP contribution in [0.25, 0.3) is 16.5 Å². The molecular weight excluding hydrogens is 679 g/mol. The Morgan fingerprint density at radius 1 is 0.824 bits per heavy atom. The van der Waals surface area contributed by atoms with Crippen molar-refractivity contribution in [2.24, 2.45) is 0 Å². The maximum atomic E-state index is 13.8. The second-order valence-electron chi connectivity index (χ2n) is 12.1. The van der Waals surface area contributed by atoms with Gasteiger partial charge in [-0.15, -0.1) is 10.2 Å². The van der Waals surface area contributed by atoms with Crippen LogP contribution in [0, 0.1) is 6.92 Å². The van der Waals surface area contributed by atoms with Crippen molar-refractivity contribution < 1.29 is 24.2 Å². The number of ether oxygens (including phenoxy) is 2. The van der Waals surface area contributed by atoms with Crippen molar-refractivity contribution in [3.05, 3.63) is 149 Å². The molecule has 1 saturated heterocycles. The highest BCUT2D eigenvalue weighted by Gasteiger charge is 2.48. The van der Waals surface area contributed by atoms with E-state index in [0.29, 0.717) is 45.9 Å². The lowest BCUT2D eigenvalue weighted by Crippen LogP contribution is -2.29. The van der Waals surface area contributed by atoms with Gasteiger partial charge in [-0.05, 0) is 82.8 Å². The third-order valence-electron chi connectivity index (χ3n) is 8.73. The molecule has 1 amide bonds. The number of aromatic nitrogens is 2. The van der Waals surface area contributed by atoms with Crippen LogP contribution >= 0.6 is 23.1 Å². The van der Waals surface area contributed by atoms with Gasteiger partial charge in [0, 0.05) is 11.3 Å². The molecule has 0 radical (unpaired) electrons. The van der Waals surface area contributed by atoms with Crippen molar-refractivity contribution in [1.29, 1.82) is 0 Å². The molecule has 1 N–H and O–H groups in total. The van der Waals surface area contributed by atoms with Gasteiger partial charge in [-0.1, -0.05) is 109 Å². The van der Waals surface area contributed by atoms with Crippen molar-refractivity contribution in [3.63, 3.8) is 0 Å². The van der Waals surface area contributed by atoms with E-state index in [1.807, 2.05) is 68.4 Å². The Bertz CT molecular complexity index is 2230. The molecule has 1 aliphatic heterocycles. The molecule has 0 spiro atoms. The zero-order valence-electron chi connectivity index (χ0n) is 28.1. The summed E-state index contributed by atoms with van der Waals surface area (Å²) in [5.74, 6) is 0.0605. The Morgan fingerprint density at radius 2 is 1.51 bits per heavy atom. The van der Waals surface area contributed by atoms with E-state index in [1.165, 1.54) is 33.4 Å². The van der Waals surface area contributed by atoms with Gasteiger partial charge >= 0.3 is 5.91 Å². The summed E-state index contributed by atoms with van der Waals surface area (Å²) in [5.41, 5.74) is 4.34. The smallest absolute Gasteiger partial charge is 0.301 e. The topological polar surface area (TPSA) is 102 Å². The fourth-order valence-electron chi connectivity index (χ4n) is 6.03. The zero-order valence-corrected chi connectivity index (χ0v) is 29.7. The molecule has 1 atom stereocenters. The molecule has 0 saturated carbocycles. The van der Waals surface area contributed by atoms with Crippen LogP contribution < -0.4 is 14.4 Å². The van der Waals surface area contributed by atoms with Crippen LogP contribution in [-0.4, -0.2) is 33.6 Å². The van der Waals surface area contributed by atoms with Crippen LogP contribution in [0.2, 0.25) is 0 Å². The number of nitrogens with zero attached hydrogens (tertiary/aromatic N) is 3. The van der Waals surface area contributed by atoms with Crippen LogP contribution in [0.3, 0.4) is 0 Å². The summed E-state index contributed by atoms with van der Waals surface area (Å²) in [5, 5.41) is 23.1. The Labute approximate surface area is 304 Å². The summed E-state index contributed by atoms with van der Waals surface area (Å²) in [7, 11) is 0. The van der Waals surface area contributed by atoms with Crippen molar-refractivity contribution in [2.75, 3.05) is 11.5 Å². The van der Waals surface area contributed by atoms with Gasteiger partial charge in [0.15, 0.2) is 4.34 Å². The molecule has 256 valence electrons. The summed E-state index contributed by atoms with van der Waals surface area (Å²) < 4.78 is 12.4. The van der Waals surface area contributed by atoms with E-state index in [0.717, 1.165) is 28.5 Å². The van der Waals surface area contributed by atoms with Gasteiger partial charge in [-0.3, -0.25) is 14.5 Å². The second-order valence-corrected chi connectivity index (χ2v) is 14.3. The molecule has 10 heteroatoms. The van der Waals surface area contributed by atoms with Crippen LogP contribution in [0.1, 0.15) is 47.2 Å². The number of rotatable bonds is 12. The van der Waals surface area contributed by atoms with Crippen molar-refractivity contribution in [1.82, 2.24) is 10.2 Å². The van der Waals surface area contributed by atoms with E-state index in [4.69, 9.17) is 9.47 Å². The first-order valence-corrected chi connectivity index (χ1v) is 18.5. The van der Waals surface area contributed by atoms with Crippen LogP contribution in [-0.2, 0) is 21.9 Å². The Morgan fingerprint density at radius 3 is 2.29 bits per heavy atom. The van der Waals surface area contributed by atoms with Gasteiger partial charge in [0.2, 0.25) is 5.13 Å². The zero-order chi connectivity index (χ0) is 35.3. The molecule has 5 aromatic carbocycles. The second kappa shape index (κ2) is 15.2. The molecule has 1 aromatic heterocycles. The highest BCUT2D eigenvalue weighted by atomic mass is 32.2. The van der Waals surface area contributed by atoms with Crippen molar-refractivity contribution in [2.45, 2.75) is 43.0 Å². The van der Waals surface area contributed by atoms with Crippen LogP contribution in [0.4, 0.5) is 5.13 Å². The quantitative estimate of drug-likeness (QED) is 0.0440. The molecule has 2 heterocycles. The minimum atomic E-state index is -0.939. The number of thioether (sulfide) groups is 1. The Hall–Kier alpha value is -5.45. The number of amides is 1. The number of aryl methyl sites for hydroxylation is 1. The number of ketones is 1. The Kier molecular flexibility index (Phi) is 10.1. The average Bonchev–Trinajstić information content (AvgIpc) is 3.74. The molecule has 51 heavy (non-hydrogen) atoms. The van der Waals surface area contributed by atoms with Crippen molar-refractivity contribution in [3.8, 4) is 11.5 Å². The standard InChI is InChI=1S/C41H35N3O5S2/c1-3-23-48-32-19-15-28(16-20-32)36-35(37(45)29-17-21-33(22-18-29)49-24-30-11-5-4-9-26(30)2)38(46)39(47)44(36)40-42-43-41(51-40)50-25-31-13-8-12-27-10-6-7-14-34(27)31/h4-22,36,45H,3,23-25H2,1-2H3. The molecule has 7 rings (SSSR count). The number of aliphatic hydroxyl groups is 1. The van der Waals surface area contributed by atoms with Gasteiger partial charge in [0.25, 0.3) is 5.78 Å². The van der Waals surface area contributed by atoms with E-state index in [9.17, 15) is 14.7 Å². The van der Waals surface area contributed by atoms with E-state index < -0.39 is 17.7 Å². The lowest BCUT2D eigenvalue weighted by Gasteiger charge is -2.22. The molecule has 1 aliphatic rings. The lowest BCUT2D eigenvalue weighted by molar-refractivity contribution is -0.132. The fraction of sp³-hybridized carbons (Fsp3) is 0.171. The number of fused-ring (bicyclic) bond motifs is 1. The first kappa shape index (κ1) is 34.0. The lowest BCUT2D eigenvalue weighted by atomic mass is 9.95. The number of carbonyl (C=O) groups is 2. The largest absolute Gasteiger partial charge is 0.507 e. The average molecular weight is 714 g/mol. The van der Waals surface area contributed by atoms with Crippen molar-refractivity contribution >= 4 is 56.5 Å². The minimum Gasteiger partial charge on any atom is -0.507 e. The number of Topliss-reactive ketones (excluding diaryl/α,β-unsaturated/α-hetero) is 1. The number of benzene rings is 5. The highest BCUT2D eigenvalue weighted by molar-refractivity contribution is 8.00. The molecule has 8 nitrogen and oxygen atoms in total. The number of anilines is 1. The fourth-order valence-corrected chi connectivity index (χ4v) is 7.90. The van der Waals surface area contributed by atoms with Gasteiger partial charge in [0.1, 0.15) is 23.9 Å². The van der Waals surface area contributed by atoms with E-state index >= 15 is 0 Å². The first-order valence-electron chi connectivity index (χ1n) is 16.7. The molecule has 1 unspecified atom stereocenters. The Balaban J connectivity index is 1.19. The highest BCUT2D eigenvalue weighted by Crippen LogP contribution is 2.44. The summed E-state index contributed by atoms with van der Waals surface area (Å²) in [6, 6.07) is 35.6. The van der Waals surface area contributed by atoms with E-state index in [1.54, 1.807) is 36.4 Å². The predicted molar refractivity (Wildman–Crippen MR) is 202 cm³/mol. The summed E-state index contributed by atoms with van der Waals surface area (Å²) in [4.78, 5) is 28.9. The molecule has 0 bridgehead atoms. The van der Waals surface area contributed by atoms with Gasteiger partial charge < -0.3 is 14.6 Å². The molecule has 1 fully saturated rings. The SMILES string of the molecule is CCCOc1ccc(C2C(=C(O)c3ccc(OCc4ccccc4C)cc3)C(=O)C(=O)N2c2nnc(SCc3cccc4ccccc34)s2)cc1. The maximum absolute atomic E-state index is 13.8. The maximum Gasteiger partial charge on any atom is 0.301 e. The van der Waals surface area contributed by atoms with Crippen LogP contribution in [0.15, 0.2) is 125 Å².